The molecule has 0 aliphatic carbocycles. The van der Waals surface area contributed by atoms with Gasteiger partial charge in [0.05, 0.1) is 0 Å². The van der Waals surface area contributed by atoms with Gasteiger partial charge in [-0.1, -0.05) is 31.3 Å². The average molecular weight is 473 g/mol. The molecule has 2 heterocycles. The Morgan fingerprint density at radius 3 is 2.87 bits per heavy atom. The number of hydrogen-bond donors (Lipinski definition) is 3. The summed E-state index contributed by atoms with van der Waals surface area (Å²) in [6.45, 7) is 4.64. The number of nitrogens with one attached hydrogen (secondary N) is 3. The van der Waals surface area contributed by atoms with E-state index in [1.807, 2.05) is 18.2 Å². The number of rotatable bonds is 9. The molecule has 1 aliphatic heterocycles. The second-order valence-corrected chi connectivity index (χ2v) is 8.02. The van der Waals surface area contributed by atoms with Crippen molar-refractivity contribution in [1.82, 2.24) is 15.4 Å². The number of aromatic amines is 2. The summed E-state index contributed by atoms with van der Waals surface area (Å²) in [5, 5.41) is 11.1. The van der Waals surface area contributed by atoms with Crippen LogP contribution in [-0.2, 0) is 22.7 Å². The number of benzene rings is 1. The fraction of sp³-hybridized carbons (Fsp3) is 0.450. The zero-order chi connectivity index (χ0) is 20.8. The van der Waals surface area contributed by atoms with Crippen molar-refractivity contribution in [3.8, 4) is 0 Å². The number of aryl methyl sites for hydroxylation is 1. The van der Waals surface area contributed by atoms with E-state index in [1.54, 1.807) is 13.0 Å². The number of carbonyl (C=O) groups excluding carboxylic acids is 1. The van der Waals surface area contributed by atoms with E-state index < -0.39 is 11.9 Å². The molecule has 3 rings (SSSR count). The number of aliphatic carboxylic acids is 1. The third-order valence-corrected chi connectivity index (χ3v) is 5.45. The molecule has 0 amide bonds. The number of hydrogen-bond acceptors (Lipinski definition) is 7. The van der Waals surface area contributed by atoms with Crippen LogP contribution in [0.25, 0.3) is 0 Å². The third kappa shape index (κ3) is 7.32. The van der Waals surface area contributed by atoms with Gasteiger partial charge in [0.15, 0.2) is 4.77 Å². The van der Waals surface area contributed by atoms with Crippen molar-refractivity contribution >= 4 is 36.1 Å². The van der Waals surface area contributed by atoms with Crippen LogP contribution in [0.1, 0.15) is 42.5 Å². The Hall–Kier alpha value is -0.434. The van der Waals surface area contributed by atoms with Crippen molar-refractivity contribution in [2.24, 2.45) is 0 Å². The van der Waals surface area contributed by atoms with Crippen LogP contribution in [0.2, 0.25) is 0 Å². The van der Waals surface area contributed by atoms with Crippen molar-refractivity contribution < 1.29 is 66.1 Å². The third-order valence-electron chi connectivity index (χ3n) is 5.02. The van der Waals surface area contributed by atoms with E-state index in [0.717, 1.165) is 43.6 Å². The number of hydroxylamine groups is 1. The van der Waals surface area contributed by atoms with Crippen molar-refractivity contribution in [2.45, 2.75) is 38.7 Å². The van der Waals surface area contributed by atoms with Gasteiger partial charge in [-0.15, -0.1) is 0 Å². The summed E-state index contributed by atoms with van der Waals surface area (Å²) >= 11 is 10.1. The van der Waals surface area contributed by atoms with Gasteiger partial charge >= 0.3 is 51.4 Å². The Kier molecular flexibility index (Phi) is 10.8. The van der Waals surface area contributed by atoms with E-state index in [-0.39, 0.29) is 51.4 Å². The van der Waals surface area contributed by atoms with E-state index in [0.29, 0.717) is 22.6 Å². The van der Waals surface area contributed by atoms with Crippen LogP contribution in [0.5, 0.6) is 0 Å². The Bertz CT molecular complexity index is 951. The van der Waals surface area contributed by atoms with Gasteiger partial charge in [-0.25, -0.2) is 5.48 Å². The summed E-state index contributed by atoms with van der Waals surface area (Å²) < 4.78 is 1.06. The van der Waals surface area contributed by atoms with E-state index >= 15 is 0 Å². The first kappa shape index (κ1) is 25.8. The minimum Gasteiger partial charge on any atom is -0.550 e. The molecule has 0 radical (unpaired) electrons. The van der Waals surface area contributed by atoms with E-state index in [2.05, 4.69) is 20.3 Å². The molecule has 0 saturated heterocycles. The second kappa shape index (κ2) is 12.6. The Labute approximate surface area is 229 Å². The molecule has 0 spiro atoms. The van der Waals surface area contributed by atoms with E-state index in [1.165, 1.54) is 11.3 Å². The number of nitrogens with zero attached hydrogens (tertiary/aromatic N) is 1. The molecule has 0 bridgehead atoms. The predicted molar refractivity (Wildman–Crippen MR) is 115 cm³/mol. The molecule has 30 heavy (non-hydrogen) atoms. The summed E-state index contributed by atoms with van der Waals surface area (Å²) in [5.74, 6) is -1.63. The van der Waals surface area contributed by atoms with Gasteiger partial charge in [-0.05, 0) is 54.7 Å². The number of carboxylic acids is 1. The van der Waals surface area contributed by atoms with Gasteiger partial charge in [0.2, 0.25) is 0 Å². The van der Waals surface area contributed by atoms with Crippen LogP contribution in [0.4, 0.5) is 5.69 Å². The van der Waals surface area contributed by atoms with Crippen LogP contribution in [0, 0.1) is 9.41 Å². The van der Waals surface area contributed by atoms with Crippen LogP contribution in [-0.4, -0.2) is 35.6 Å². The number of carbonyl (C=O) groups is 1. The number of fused-ring (bicyclic) bond motifs is 1. The quantitative estimate of drug-likeness (QED) is 0.196. The minimum absolute atomic E-state index is 0. The van der Waals surface area contributed by atoms with Gasteiger partial charge in [0, 0.05) is 42.9 Å². The molecule has 3 N–H and O–H groups in total. The summed E-state index contributed by atoms with van der Waals surface area (Å²) in [6.07, 6.45) is 2.96. The van der Waals surface area contributed by atoms with Gasteiger partial charge in [-0.2, -0.15) is 0 Å². The summed E-state index contributed by atoms with van der Waals surface area (Å²) in [6, 6.07) is 7.73. The zero-order valence-electron chi connectivity index (χ0n) is 17.3. The van der Waals surface area contributed by atoms with Gasteiger partial charge < -0.3 is 24.8 Å². The van der Waals surface area contributed by atoms with Gasteiger partial charge in [-0.3, -0.25) is 4.84 Å². The molecule has 10 heteroatoms. The van der Waals surface area contributed by atoms with Gasteiger partial charge in [0.1, 0.15) is 11.2 Å². The monoisotopic (exact) mass is 472 g/mol. The molecule has 2 aromatic rings. The normalized spacial score (nSPS) is 14.0. The number of carboxylic acid groups (broad SMARTS) is 1. The summed E-state index contributed by atoms with van der Waals surface area (Å²) in [4.78, 5) is 24.8. The Morgan fingerprint density at radius 2 is 2.13 bits per heavy atom. The van der Waals surface area contributed by atoms with E-state index in [9.17, 15) is 9.90 Å². The fourth-order valence-corrected chi connectivity index (χ4v) is 4.02. The maximum Gasteiger partial charge on any atom is 1.00 e. The smallest absolute Gasteiger partial charge is 0.550 e. The Balaban J connectivity index is 0.00000320. The molecular formula is C20H25KN4O3S2. The van der Waals surface area contributed by atoms with Crippen molar-refractivity contribution in [3.63, 3.8) is 0 Å². The van der Waals surface area contributed by atoms with Gasteiger partial charge in [0.25, 0.3) is 0 Å². The molecule has 0 fully saturated rings. The first-order chi connectivity index (χ1) is 13.9. The SMILES string of the molecule is CC(C(=O)[O-])c1ccc2c(c1)CCCN2CCCNOCc1cc(=S)[nH]c(=S)[nH]1.[K+]. The summed E-state index contributed by atoms with van der Waals surface area (Å²) in [7, 11) is 0. The molecule has 0 saturated carbocycles. The Morgan fingerprint density at radius 1 is 1.33 bits per heavy atom. The molecule has 1 aliphatic rings. The molecule has 1 aromatic heterocycles. The van der Waals surface area contributed by atoms with Crippen LogP contribution in [0.15, 0.2) is 24.3 Å². The first-order valence-corrected chi connectivity index (χ1v) is 10.5. The van der Waals surface area contributed by atoms with Crippen molar-refractivity contribution in [1.29, 1.82) is 0 Å². The molecule has 1 atom stereocenters. The number of H-pyrrole nitrogens is 2. The molecular weight excluding hydrogens is 447 g/mol. The number of anilines is 1. The molecule has 7 nitrogen and oxygen atoms in total. The maximum atomic E-state index is 11.1. The summed E-state index contributed by atoms with van der Waals surface area (Å²) in [5.41, 5.74) is 7.00. The maximum absolute atomic E-state index is 11.1. The minimum atomic E-state index is -1.04. The molecule has 156 valence electrons. The topological polar surface area (TPSA) is 96.2 Å². The average Bonchev–Trinajstić information content (AvgIpc) is 2.68. The van der Waals surface area contributed by atoms with Crippen molar-refractivity contribution in [3.05, 3.63) is 50.5 Å². The molecule has 1 aromatic carbocycles. The molecule has 1 unspecified atom stereocenters. The largest absolute Gasteiger partial charge is 1.00 e. The van der Waals surface area contributed by atoms with Crippen LogP contribution >= 0.6 is 24.4 Å². The number of aromatic nitrogens is 2. The van der Waals surface area contributed by atoms with Crippen molar-refractivity contribution in [2.75, 3.05) is 24.5 Å². The zero-order valence-corrected chi connectivity index (χ0v) is 22.1. The fourth-order valence-electron chi connectivity index (χ4n) is 3.47. The van der Waals surface area contributed by atoms with Crippen LogP contribution < -0.4 is 66.9 Å². The van der Waals surface area contributed by atoms with E-state index in [4.69, 9.17) is 29.3 Å². The second-order valence-electron chi connectivity index (χ2n) is 7.17. The first-order valence-electron chi connectivity index (χ1n) is 9.70. The predicted octanol–water partition coefficient (Wildman–Crippen LogP) is -0.477. The standard InChI is InChI=1S/C20H26N4O3S2.K/c1-13(19(25)26)14-5-6-17-15(10-14)4-2-8-24(17)9-3-7-21-27-12-16-11-18(28)23-20(29)22-16;/h5-6,10-11,13,21H,2-4,7-9,12H2,1H3,(H,25,26)(H2,22,23,28,29);/q;+1/p-1. The van der Waals surface area contributed by atoms with Crippen LogP contribution in [0.3, 0.4) is 0 Å².